The number of halogens is 1. The second-order valence-corrected chi connectivity index (χ2v) is 4.83. The summed E-state index contributed by atoms with van der Waals surface area (Å²) in [6.07, 6.45) is 3.13. The maximum atomic E-state index is 11.8. The second-order valence-electron chi connectivity index (χ2n) is 3.65. The molecule has 6 nitrogen and oxygen atoms in total. The van der Waals surface area contributed by atoms with Crippen molar-refractivity contribution in [3.8, 4) is 0 Å². The Labute approximate surface area is 114 Å². The van der Waals surface area contributed by atoms with E-state index in [0.717, 1.165) is 0 Å². The molecule has 1 rings (SSSR count). The summed E-state index contributed by atoms with van der Waals surface area (Å²) in [5.41, 5.74) is 4.56. The third-order valence-corrected chi connectivity index (χ3v) is 2.78. The molecule has 0 radical (unpaired) electrons. The highest BCUT2D eigenvalue weighted by Crippen LogP contribution is 2.16. The van der Waals surface area contributed by atoms with Crippen molar-refractivity contribution in [3.05, 3.63) is 16.9 Å². The van der Waals surface area contributed by atoms with Crippen molar-refractivity contribution in [3.63, 3.8) is 0 Å². The van der Waals surface area contributed by atoms with E-state index in [4.69, 9.17) is 11.6 Å². The minimum Gasteiger partial charge on any atom is -0.273 e. The van der Waals surface area contributed by atoms with E-state index in [9.17, 15) is 9.59 Å². The van der Waals surface area contributed by atoms with Crippen LogP contribution in [0.3, 0.4) is 0 Å². The zero-order valence-electron chi connectivity index (χ0n) is 10.2. The Morgan fingerprint density at radius 1 is 1.39 bits per heavy atom. The molecule has 1 aromatic heterocycles. The number of hydrogen-bond donors (Lipinski definition) is 2. The zero-order valence-corrected chi connectivity index (χ0v) is 11.7. The maximum Gasteiger partial charge on any atom is 0.289 e. The molecule has 0 aromatic carbocycles. The molecule has 0 saturated heterocycles. The summed E-state index contributed by atoms with van der Waals surface area (Å²) in [5, 5.41) is 0.559. The van der Waals surface area contributed by atoms with Crippen molar-refractivity contribution in [2.24, 2.45) is 5.92 Å². The maximum absolute atomic E-state index is 11.8. The second kappa shape index (κ2) is 6.55. The molecule has 0 spiro atoms. The lowest BCUT2D eigenvalue weighted by Crippen LogP contribution is -2.43. The van der Waals surface area contributed by atoms with E-state index in [1.54, 1.807) is 20.1 Å². The number of hydrazine groups is 1. The summed E-state index contributed by atoms with van der Waals surface area (Å²) in [6, 6.07) is 0. The fraction of sp³-hybridized carbons (Fsp3) is 0.400. The van der Waals surface area contributed by atoms with Crippen LogP contribution in [-0.2, 0) is 4.79 Å². The molecule has 0 fully saturated rings. The summed E-state index contributed by atoms with van der Waals surface area (Å²) in [5.74, 6) is -1.10. The number of rotatable bonds is 3. The molecular weight excluding hydrogens is 276 g/mol. The van der Waals surface area contributed by atoms with Crippen molar-refractivity contribution < 1.29 is 9.59 Å². The van der Waals surface area contributed by atoms with Gasteiger partial charge in [0.2, 0.25) is 5.91 Å². The van der Waals surface area contributed by atoms with Crippen LogP contribution in [0.15, 0.2) is 11.4 Å². The van der Waals surface area contributed by atoms with Crippen molar-refractivity contribution in [1.29, 1.82) is 0 Å². The standard InChI is InChI=1S/C10H13ClN4O2S/c1-5(2)8(16)14-15-9(17)7-6(11)4-12-10(13-7)18-3/h4-5H,1-3H3,(H,14,16)(H,15,17). The Morgan fingerprint density at radius 2 is 2.06 bits per heavy atom. The normalized spacial score (nSPS) is 10.3. The fourth-order valence-corrected chi connectivity index (χ4v) is 1.45. The van der Waals surface area contributed by atoms with E-state index in [2.05, 4.69) is 20.8 Å². The number of carbonyl (C=O) groups is 2. The Morgan fingerprint density at radius 3 is 2.61 bits per heavy atom. The van der Waals surface area contributed by atoms with E-state index < -0.39 is 5.91 Å². The number of amides is 2. The Hall–Kier alpha value is -1.34. The zero-order chi connectivity index (χ0) is 13.7. The first-order chi connectivity index (χ1) is 8.45. The smallest absolute Gasteiger partial charge is 0.273 e. The molecule has 18 heavy (non-hydrogen) atoms. The van der Waals surface area contributed by atoms with Gasteiger partial charge in [0.15, 0.2) is 10.9 Å². The largest absolute Gasteiger partial charge is 0.289 e. The third kappa shape index (κ3) is 3.85. The summed E-state index contributed by atoms with van der Waals surface area (Å²) < 4.78 is 0. The van der Waals surface area contributed by atoms with Gasteiger partial charge in [-0.3, -0.25) is 20.4 Å². The summed E-state index contributed by atoms with van der Waals surface area (Å²) in [4.78, 5) is 30.9. The SMILES string of the molecule is CSc1ncc(Cl)c(C(=O)NNC(=O)C(C)C)n1. The molecule has 1 heterocycles. The first-order valence-corrected chi connectivity index (χ1v) is 6.72. The van der Waals surface area contributed by atoms with Crippen LogP contribution >= 0.6 is 23.4 Å². The van der Waals surface area contributed by atoms with Gasteiger partial charge in [0, 0.05) is 5.92 Å². The quantitative estimate of drug-likeness (QED) is 0.497. The van der Waals surface area contributed by atoms with Gasteiger partial charge in [-0.2, -0.15) is 0 Å². The number of nitrogens with one attached hydrogen (secondary N) is 2. The van der Waals surface area contributed by atoms with Crippen LogP contribution in [0.1, 0.15) is 24.3 Å². The molecular formula is C10H13ClN4O2S. The van der Waals surface area contributed by atoms with Gasteiger partial charge in [-0.1, -0.05) is 37.2 Å². The molecule has 0 bridgehead atoms. The topological polar surface area (TPSA) is 84.0 Å². The van der Waals surface area contributed by atoms with Gasteiger partial charge in [0.1, 0.15) is 0 Å². The van der Waals surface area contributed by atoms with Crippen molar-refractivity contribution >= 4 is 35.2 Å². The van der Waals surface area contributed by atoms with E-state index in [1.165, 1.54) is 18.0 Å². The van der Waals surface area contributed by atoms with Gasteiger partial charge in [-0.05, 0) is 6.26 Å². The number of aromatic nitrogens is 2. The van der Waals surface area contributed by atoms with Crippen molar-refractivity contribution in [2.45, 2.75) is 19.0 Å². The third-order valence-electron chi connectivity index (χ3n) is 1.94. The lowest BCUT2D eigenvalue weighted by molar-refractivity contribution is -0.124. The highest BCUT2D eigenvalue weighted by molar-refractivity contribution is 7.98. The lowest BCUT2D eigenvalue weighted by Gasteiger charge is -2.09. The molecule has 1 aromatic rings. The first-order valence-electron chi connectivity index (χ1n) is 5.12. The van der Waals surface area contributed by atoms with Crippen LogP contribution in [0.4, 0.5) is 0 Å². The van der Waals surface area contributed by atoms with Gasteiger partial charge in [-0.15, -0.1) is 0 Å². The molecule has 0 saturated carbocycles. The molecule has 2 N–H and O–H groups in total. The Kier molecular flexibility index (Phi) is 5.36. The average molecular weight is 289 g/mol. The molecule has 2 amide bonds. The van der Waals surface area contributed by atoms with Crippen LogP contribution < -0.4 is 10.9 Å². The molecule has 0 aliphatic rings. The van der Waals surface area contributed by atoms with Crippen LogP contribution in [0.2, 0.25) is 5.02 Å². The van der Waals surface area contributed by atoms with Gasteiger partial charge in [0.05, 0.1) is 11.2 Å². The van der Waals surface area contributed by atoms with Crippen molar-refractivity contribution in [1.82, 2.24) is 20.8 Å². The predicted molar refractivity (Wildman–Crippen MR) is 69.3 cm³/mol. The Balaban J connectivity index is 2.75. The molecule has 0 atom stereocenters. The van der Waals surface area contributed by atoms with Crippen LogP contribution in [0.5, 0.6) is 0 Å². The highest BCUT2D eigenvalue weighted by atomic mass is 35.5. The monoisotopic (exact) mass is 288 g/mol. The molecule has 0 aliphatic heterocycles. The van der Waals surface area contributed by atoms with Gasteiger partial charge >= 0.3 is 0 Å². The average Bonchev–Trinajstić information content (AvgIpc) is 2.35. The molecule has 8 heteroatoms. The minimum atomic E-state index is -0.577. The molecule has 0 aliphatic carbocycles. The molecule has 0 unspecified atom stereocenters. The number of hydrogen-bond acceptors (Lipinski definition) is 5. The lowest BCUT2D eigenvalue weighted by atomic mass is 10.2. The summed E-state index contributed by atoms with van der Waals surface area (Å²) in [6.45, 7) is 3.43. The number of carbonyl (C=O) groups excluding carboxylic acids is 2. The van der Waals surface area contributed by atoms with Gasteiger partial charge < -0.3 is 0 Å². The number of nitrogens with zero attached hydrogens (tertiary/aromatic N) is 2. The van der Waals surface area contributed by atoms with E-state index in [0.29, 0.717) is 5.16 Å². The predicted octanol–water partition coefficient (Wildman–Crippen LogP) is 1.27. The highest BCUT2D eigenvalue weighted by Gasteiger charge is 2.15. The van der Waals surface area contributed by atoms with Crippen LogP contribution in [-0.4, -0.2) is 28.0 Å². The van der Waals surface area contributed by atoms with Crippen LogP contribution in [0, 0.1) is 5.92 Å². The van der Waals surface area contributed by atoms with Crippen LogP contribution in [0.25, 0.3) is 0 Å². The van der Waals surface area contributed by atoms with Gasteiger partial charge in [0.25, 0.3) is 5.91 Å². The van der Waals surface area contributed by atoms with E-state index in [-0.39, 0.29) is 22.5 Å². The first kappa shape index (κ1) is 14.7. The number of thioether (sulfide) groups is 1. The fourth-order valence-electron chi connectivity index (χ4n) is 0.930. The summed E-state index contributed by atoms with van der Waals surface area (Å²) in [7, 11) is 0. The summed E-state index contributed by atoms with van der Waals surface area (Å²) >= 11 is 7.11. The molecule has 98 valence electrons. The Bertz CT molecular complexity index is 467. The minimum absolute atomic E-state index is 0.0278. The van der Waals surface area contributed by atoms with Gasteiger partial charge in [-0.25, -0.2) is 9.97 Å². The van der Waals surface area contributed by atoms with E-state index in [1.807, 2.05) is 0 Å². The van der Waals surface area contributed by atoms with Crippen molar-refractivity contribution in [2.75, 3.05) is 6.26 Å². The van der Waals surface area contributed by atoms with E-state index >= 15 is 0 Å².